The standard InChI is InChI=1S/C10H9ClN4O/c11-6-1-3-7(4-2-6)15-10(16)8-9(12)14-5-13-8/h1-5H,12H2,(H,13,14)(H,15,16). The molecule has 0 bridgehead atoms. The highest BCUT2D eigenvalue weighted by molar-refractivity contribution is 6.30. The molecule has 0 saturated carbocycles. The minimum absolute atomic E-state index is 0.173. The van der Waals surface area contributed by atoms with Gasteiger partial charge >= 0.3 is 0 Å². The normalized spacial score (nSPS) is 10.1. The smallest absolute Gasteiger partial charge is 0.275 e. The molecule has 6 heteroatoms. The maximum absolute atomic E-state index is 11.7. The lowest BCUT2D eigenvalue weighted by atomic mass is 10.3. The minimum Gasteiger partial charge on any atom is -0.382 e. The molecule has 0 spiro atoms. The van der Waals surface area contributed by atoms with Crippen molar-refractivity contribution in [3.8, 4) is 0 Å². The number of halogens is 1. The van der Waals surface area contributed by atoms with Crippen LogP contribution in [-0.4, -0.2) is 15.9 Å². The third-order valence-corrected chi connectivity index (χ3v) is 2.25. The van der Waals surface area contributed by atoms with Crippen molar-refractivity contribution in [2.45, 2.75) is 0 Å². The second-order valence-electron chi connectivity index (χ2n) is 3.12. The van der Waals surface area contributed by atoms with Gasteiger partial charge in [-0.1, -0.05) is 11.6 Å². The van der Waals surface area contributed by atoms with E-state index in [-0.39, 0.29) is 17.4 Å². The third-order valence-electron chi connectivity index (χ3n) is 2.00. The van der Waals surface area contributed by atoms with Crippen LogP contribution >= 0.6 is 11.6 Å². The summed E-state index contributed by atoms with van der Waals surface area (Å²) >= 11 is 5.72. The van der Waals surface area contributed by atoms with Crippen molar-refractivity contribution in [3.63, 3.8) is 0 Å². The number of imidazole rings is 1. The number of hydrogen-bond acceptors (Lipinski definition) is 3. The maximum Gasteiger partial charge on any atom is 0.275 e. The van der Waals surface area contributed by atoms with Gasteiger partial charge in [-0.2, -0.15) is 0 Å². The number of nitrogens with one attached hydrogen (secondary N) is 2. The van der Waals surface area contributed by atoms with Crippen LogP contribution in [0.4, 0.5) is 11.5 Å². The molecule has 2 rings (SSSR count). The molecule has 1 amide bonds. The molecule has 1 aromatic carbocycles. The number of H-pyrrole nitrogens is 1. The number of carbonyl (C=O) groups excluding carboxylic acids is 1. The molecule has 0 radical (unpaired) electrons. The van der Waals surface area contributed by atoms with Crippen LogP contribution in [0.1, 0.15) is 10.5 Å². The number of carbonyl (C=O) groups is 1. The predicted molar refractivity (Wildman–Crippen MR) is 62.4 cm³/mol. The third kappa shape index (κ3) is 2.14. The predicted octanol–water partition coefficient (Wildman–Crippen LogP) is 1.90. The van der Waals surface area contributed by atoms with Crippen LogP contribution < -0.4 is 11.1 Å². The fourth-order valence-corrected chi connectivity index (χ4v) is 1.34. The van der Waals surface area contributed by atoms with Crippen molar-refractivity contribution < 1.29 is 4.79 Å². The average molecular weight is 237 g/mol. The number of hydrogen-bond donors (Lipinski definition) is 3. The topological polar surface area (TPSA) is 83.8 Å². The van der Waals surface area contributed by atoms with Gasteiger partial charge in [0.2, 0.25) is 0 Å². The Morgan fingerprint density at radius 2 is 2.06 bits per heavy atom. The summed E-state index contributed by atoms with van der Waals surface area (Å²) in [4.78, 5) is 18.1. The van der Waals surface area contributed by atoms with E-state index in [1.54, 1.807) is 24.3 Å². The molecule has 0 aliphatic carbocycles. The summed E-state index contributed by atoms with van der Waals surface area (Å²) in [6.45, 7) is 0. The van der Waals surface area contributed by atoms with Crippen molar-refractivity contribution in [2.24, 2.45) is 0 Å². The van der Waals surface area contributed by atoms with Crippen LogP contribution in [-0.2, 0) is 0 Å². The summed E-state index contributed by atoms with van der Waals surface area (Å²) < 4.78 is 0. The molecule has 4 N–H and O–H groups in total. The van der Waals surface area contributed by atoms with E-state index in [0.29, 0.717) is 10.7 Å². The minimum atomic E-state index is -0.336. The first-order valence-corrected chi connectivity index (χ1v) is 4.90. The van der Waals surface area contributed by atoms with Gasteiger partial charge in [0.15, 0.2) is 5.82 Å². The number of rotatable bonds is 2. The lowest BCUT2D eigenvalue weighted by molar-refractivity contribution is 0.102. The van der Waals surface area contributed by atoms with Crippen molar-refractivity contribution in [3.05, 3.63) is 41.3 Å². The molecule has 0 fully saturated rings. The summed E-state index contributed by atoms with van der Waals surface area (Å²) in [6, 6.07) is 6.78. The van der Waals surface area contributed by atoms with Gasteiger partial charge in [-0.15, -0.1) is 0 Å². The number of anilines is 2. The number of aromatic nitrogens is 2. The highest BCUT2D eigenvalue weighted by Crippen LogP contribution is 2.15. The van der Waals surface area contributed by atoms with Gasteiger partial charge < -0.3 is 16.0 Å². The number of amides is 1. The summed E-state index contributed by atoms with van der Waals surface area (Å²) in [5.74, 6) is -0.163. The fraction of sp³-hybridized carbons (Fsp3) is 0. The zero-order chi connectivity index (χ0) is 11.5. The molecule has 0 atom stereocenters. The van der Waals surface area contributed by atoms with Gasteiger partial charge in [0.1, 0.15) is 5.69 Å². The Morgan fingerprint density at radius 1 is 1.38 bits per heavy atom. The molecule has 0 aliphatic rings. The van der Waals surface area contributed by atoms with E-state index in [4.69, 9.17) is 17.3 Å². The van der Waals surface area contributed by atoms with E-state index >= 15 is 0 Å². The van der Waals surface area contributed by atoms with Gasteiger partial charge in [-0.3, -0.25) is 4.79 Å². The molecular formula is C10H9ClN4O. The second-order valence-corrected chi connectivity index (χ2v) is 3.56. The van der Waals surface area contributed by atoms with Gasteiger partial charge in [-0.25, -0.2) is 4.98 Å². The van der Waals surface area contributed by atoms with Gasteiger partial charge in [0, 0.05) is 10.7 Å². The molecule has 16 heavy (non-hydrogen) atoms. The highest BCUT2D eigenvalue weighted by Gasteiger charge is 2.11. The zero-order valence-corrected chi connectivity index (χ0v) is 8.95. The zero-order valence-electron chi connectivity index (χ0n) is 8.20. The number of nitrogens with zero attached hydrogens (tertiary/aromatic N) is 1. The number of nitrogens with two attached hydrogens (primary N) is 1. The lowest BCUT2D eigenvalue weighted by Crippen LogP contribution is -2.14. The second kappa shape index (κ2) is 4.24. The Balaban J connectivity index is 2.14. The summed E-state index contributed by atoms with van der Waals surface area (Å²) in [7, 11) is 0. The maximum atomic E-state index is 11.7. The van der Waals surface area contributed by atoms with E-state index in [2.05, 4.69) is 15.3 Å². The quantitative estimate of drug-likeness (QED) is 0.745. The van der Waals surface area contributed by atoms with Crippen molar-refractivity contribution in [1.29, 1.82) is 0 Å². The molecule has 1 heterocycles. The molecule has 0 aliphatic heterocycles. The molecular weight excluding hydrogens is 228 g/mol. The van der Waals surface area contributed by atoms with Crippen molar-refractivity contribution in [2.75, 3.05) is 11.1 Å². The molecule has 2 aromatic rings. The molecule has 0 saturated heterocycles. The number of nitrogen functional groups attached to an aromatic ring is 1. The van der Waals surface area contributed by atoms with Crippen LogP contribution in [0.3, 0.4) is 0 Å². The van der Waals surface area contributed by atoms with E-state index in [9.17, 15) is 4.79 Å². The van der Waals surface area contributed by atoms with Gasteiger partial charge in [0.05, 0.1) is 6.33 Å². The SMILES string of the molecule is Nc1nc[nH]c1C(=O)Nc1ccc(Cl)cc1. The van der Waals surface area contributed by atoms with Crippen LogP contribution in [0, 0.1) is 0 Å². The first-order chi connectivity index (χ1) is 7.66. The number of benzene rings is 1. The summed E-state index contributed by atoms with van der Waals surface area (Å²) in [6.07, 6.45) is 1.37. The highest BCUT2D eigenvalue weighted by atomic mass is 35.5. The van der Waals surface area contributed by atoms with Gasteiger partial charge in [-0.05, 0) is 24.3 Å². The largest absolute Gasteiger partial charge is 0.382 e. The lowest BCUT2D eigenvalue weighted by Gasteiger charge is -2.03. The van der Waals surface area contributed by atoms with E-state index in [1.165, 1.54) is 6.33 Å². The molecule has 82 valence electrons. The Bertz CT molecular complexity index is 506. The van der Waals surface area contributed by atoms with E-state index < -0.39 is 0 Å². The van der Waals surface area contributed by atoms with Crippen LogP contribution in [0.5, 0.6) is 0 Å². The van der Waals surface area contributed by atoms with Crippen LogP contribution in [0.25, 0.3) is 0 Å². The van der Waals surface area contributed by atoms with Crippen LogP contribution in [0.2, 0.25) is 5.02 Å². The van der Waals surface area contributed by atoms with Crippen molar-refractivity contribution >= 4 is 29.0 Å². The number of aromatic amines is 1. The first-order valence-electron chi connectivity index (χ1n) is 4.52. The van der Waals surface area contributed by atoms with Crippen LogP contribution in [0.15, 0.2) is 30.6 Å². The Kier molecular flexibility index (Phi) is 2.78. The fourth-order valence-electron chi connectivity index (χ4n) is 1.21. The Hall–Kier alpha value is -2.01. The summed E-state index contributed by atoms with van der Waals surface area (Å²) in [5, 5.41) is 3.27. The molecule has 5 nitrogen and oxygen atoms in total. The molecule has 0 unspecified atom stereocenters. The monoisotopic (exact) mass is 236 g/mol. The molecule has 1 aromatic heterocycles. The Labute approximate surface area is 96.6 Å². The Morgan fingerprint density at radius 3 is 2.62 bits per heavy atom. The first kappa shape index (κ1) is 10.5. The average Bonchev–Trinajstić information content (AvgIpc) is 2.68. The van der Waals surface area contributed by atoms with E-state index in [1.807, 2.05) is 0 Å². The van der Waals surface area contributed by atoms with E-state index in [0.717, 1.165) is 0 Å². The van der Waals surface area contributed by atoms with Crippen molar-refractivity contribution in [1.82, 2.24) is 9.97 Å². The van der Waals surface area contributed by atoms with Gasteiger partial charge in [0.25, 0.3) is 5.91 Å². The summed E-state index contributed by atoms with van der Waals surface area (Å²) in [5.41, 5.74) is 6.38.